The molecule has 1 aliphatic heterocycles. The Morgan fingerprint density at radius 2 is 1.73 bits per heavy atom. The van der Waals surface area contributed by atoms with Gasteiger partial charge in [0.2, 0.25) is 0 Å². The van der Waals surface area contributed by atoms with Crippen molar-refractivity contribution in [3.63, 3.8) is 0 Å². The molecule has 1 rings (SSSR count). The molecule has 0 radical (unpaired) electrons. The van der Waals surface area contributed by atoms with Gasteiger partial charge in [-0.05, 0) is 36.6 Å². The van der Waals surface area contributed by atoms with Crippen LogP contribution in [-0.2, 0) is 10.9 Å². The summed E-state index contributed by atoms with van der Waals surface area (Å²) in [6.07, 6.45) is 7.39. The van der Waals surface area contributed by atoms with Crippen molar-refractivity contribution in [1.29, 1.82) is 0 Å². The van der Waals surface area contributed by atoms with Gasteiger partial charge in [0.05, 0.1) is 0 Å². The van der Waals surface area contributed by atoms with Gasteiger partial charge in [0.1, 0.15) is 17.3 Å². The van der Waals surface area contributed by atoms with Crippen molar-refractivity contribution in [2.75, 3.05) is 17.3 Å². The molecule has 1 aliphatic rings. The van der Waals surface area contributed by atoms with Gasteiger partial charge in [0.25, 0.3) is 0 Å². The minimum atomic E-state index is 0. The summed E-state index contributed by atoms with van der Waals surface area (Å²) < 4.78 is 0. The molecule has 1 saturated heterocycles. The maximum absolute atomic E-state index is 2.29. The molecular formula is C9H19IS. The second-order valence-electron chi connectivity index (χ2n) is 3.14. The molecule has 0 unspecified atom stereocenters. The van der Waals surface area contributed by atoms with Crippen molar-refractivity contribution < 1.29 is 24.0 Å². The predicted octanol–water partition coefficient (Wildman–Crippen LogP) is -0.407. The lowest BCUT2D eigenvalue weighted by atomic mass is 10.3. The molecule has 0 aromatic heterocycles. The summed E-state index contributed by atoms with van der Waals surface area (Å²) in [6.45, 7) is 2.29. The van der Waals surface area contributed by atoms with Gasteiger partial charge in [0, 0.05) is 0 Å². The lowest BCUT2D eigenvalue weighted by molar-refractivity contribution is -0.00000222. The molecule has 0 aromatic carbocycles. The number of rotatable bonds is 4. The SMILES string of the molecule is CCCCC[S+]1CCCC1.[I-]. The first-order valence-electron chi connectivity index (χ1n) is 4.57. The van der Waals surface area contributed by atoms with E-state index < -0.39 is 0 Å². The summed E-state index contributed by atoms with van der Waals surface area (Å²) in [5.41, 5.74) is 0. The zero-order valence-corrected chi connectivity index (χ0v) is 10.4. The van der Waals surface area contributed by atoms with Crippen molar-refractivity contribution in [1.82, 2.24) is 0 Å². The average Bonchev–Trinajstić information content (AvgIpc) is 2.41. The van der Waals surface area contributed by atoms with Gasteiger partial charge in [-0.25, -0.2) is 0 Å². The van der Waals surface area contributed by atoms with E-state index in [4.69, 9.17) is 0 Å². The third-order valence-electron chi connectivity index (χ3n) is 2.15. The Hall–Kier alpha value is 1.08. The Labute approximate surface area is 90.9 Å². The first-order valence-corrected chi connectivity index (χ1v) is 6.31. The van der Waals surface area contributed by atoms with E-state index in [1.54, 1.807) is 17.3 Å². The third kappa shape index (κ3) is 5.34. The van der Waals surface area contributed by atoms with Gasteiger partial charge in [-0.2, -0.15) is 0 Å². The van der Waals surface area contributed by atoms with E-state index >= 15 is 0 Å². The number of hydrogen-bond acceptors (Lipinski definition) is 0. The van der Waals surface area contributed by atoms with E-state index in [1.807, 2.05) is 0 Å². The molecule has 0 bridgehead atoms. The molecule has 68 valence electrons. The Morgan fingerprint density at radius 3 is 2.27 bits per heavy atom. The van der Waals surface area contributed by atoms with Crippen LogP contribution in [0.4, 0.5) is 0 Å². The van der Waals surface area contributed by atoms with Crippen molar-refractivity contribution >= 4 is 10.9 Å². The van der Waals surface area contributed by atoms with Crippen LogP contribution in [0.2, 0.25) is 0 Å². The van der Waals surface area contributed by atoms with Gasteiger partial charge >= 0.3 is 0 Å². The minimum Gasteiger partial charge on any atom is -1.00 e. The molecule has 11 heavy (non-hydrogen) atoms. The monoisotopic (exact) mass is 286 g/mol. The standard InChI is InChI=1S/C9H19S.HI/c1-2-3-4-7-10-8-5-6-9-10;/h2-9H2,1H3;1H/q+1;/p-1. The molecule has 0 aliphatic carbocycles. The van der Waals surface area contributed by atoms with Crippen LogP contribution in [0, 0.1) is 0 Å². The van der Waals surface area contributed by atoms with E-state index in [0.29, 0.717) is 0 Å². The first kappa shape index (κ1) is 12.1. The summed E-state index contributed by atoms with van der Waals surface area (Å²) in [5.74, 6) is 4.67. The number of unbranched alkanes of at least 4 members (excludes halogenated alkanes) is 2. The number of halogens is 1. The van der Waals surface area contributed by atoms with E-state index in [9.17, 15) is 0 Å². The zero-order valence-electron chi connectivity index (χ0n) is 7.44. The molecule has 0 nitrogen and oxygen atoms in total. The van der Waals surface area contributed by atoms with E-state index in [1.165, 1.54) is 32.1 Å². The molecule has 0 atom stereocenters. The fourth-order valence-corrected chi connectivity index (χ4v) is 3.92. The van der Waals surface area contributed by atoms with Gasteiger partial charge in [-0.15, -0.1) is 0 Å². The molecule has 0 amide bonds. The maximum Gasteiger partial charge on any atom is 0.108 e. The van der Waals surface area contributed by atoms with Gasteiger partial charge in [0.15, 0.2) is 0 Å². The topological polar surface area (TPSA) is 0 Å². The van der Waals surface area contributed by atoms with E-state index in [-0.39, 0.29) is 24.0 Å². The molecule has 2 heteroatoms. The summed E-state index contributed by atoms with van der Waals surface area (Å²) in [6, 6.07) is 0. The minimum absolute atomic E-state index is 0. The normalized spacial score (nSPS) is 18.3. The predicted molar refractivity (Wildman–Crippen MR) is 50.7 cm³/mol. The molecule has 0 N–H and O–H groups in total. The Bertz CT molecular complexity index is 79.6. The van der Waals surface area contributed by atoms with Gasteiger partial charge in [-0.1, -0.05) is 13.3 Å². The fourth-order valence-electron chi connectivity index (χ4n) is 1.47. The Balaban J connectivity index is 0.000001000. The Morgan fingerprint density at radius 1 is 1.09 bits per heavy atom. The molecule has 0 aromatic rings. The molecular weight excluding hydrogens is 267 g/mol. The van der Waals surface area contributed by atoms with Crippen LogP contribution in [0.3, 0.4) is 0 Å². The van der Waals surface area contributed by atoms with E-state index in [2.05, 4.69) is 6.92 Å². The molecule has 0 spiro atoms. The van der Waals surface area contributed by atoms with Crippen LogP contribution >= 0.6 is 0 Å². The summed E-state index contributed by atoms with van der Waals surface area (Å²) in [7, 11) is 0.871. The highest BCUT2D eigenvalue weighted by Crippen LogP contribution is 2.15. The van der Waals surface area contributed by atoms with Crippen LogP contribution in [0.25, 0.3) is 0 Å². The molecule has 0 saturated carbocycles. The second-order valence-corrected chi connectivity index (χ2v) is 5.59. The van der Waals surface area contributed by atoms with Crippen molar-refractivity contribution in [3.8, 4) is 0 Å². The smallest absolute Gasteiger partial charge is 0.108 e. The third-order valence-corrected chi connectivity index (χ3v) is 4.75. The van der Waals surface area contributed by atoms with Crippen LogP contribution in [0.5, 0.6) is 0 Å². The molecule has 1 fully saturated rings. The largest absolute Gasteiger partial charge is 1.00 e. The van der Waals surface area contributed by atoms with E-state index in [0.717, 1.165) is 10.9 Å². The van der Waals surface area contributed by atoms with Crippen LogP contribution < -0.4 is 24.0 Å². The lowest BCUT2D eigenvalue weighted by Gasteiger charge is -1.98. The molecule has 1 heterocycles. The second kappa shape index (κ2) is 7.71. The Kier molecular flexibility index (Phi) is 8.47. The van der Waals surface area contributed by atoms with Crippen LogP contribution in [0.15, 0.2) is 0 Å². The van der Waals surface area contributed by atoms with Crippen molar-refractivity contribution in [3.05, 3.63) is 0 Å². The highest BCUT2D eigenvalue weighted by atomic mass is 127. The quantitative estimate of drug-likeness (QED) is 0.374. The number of hydrogen-bond donors (Lipinski definition) is 0. The van der Waals surface area contributed by atoms with Gasteiger partial charge in [-0.3, -0.25) is 0 Å². The summed E-state index contributed by atoms with van der Waals surface area (Å²) in [5, 5.41) is 0. The lowest BCUT2D eigenvalue weighted by Crippen LogP contribution is -3.00. The van der Waals surface area contributed by atoms with Crippen molar-refractivity contribution in [2.45, 2.75) is 39.0 Å². The fraction of sp³-hybridized carbons (Fsp3) is 1.00. The van der Waals surface area contributed by atoms with Crippen molar-refractivity contribution in [2.24, 2.45) is 0 Å². The summed E-state index contributed by atoms with van der Waals surface area (Å²) >= 11 is 0. The van der Waals surface area contributed by atoms with Crippen LogP contribution in [0.1, 0.15) is 39.0 Å². The first-order chi connectivity index (χ1) is 4.93. The van der Waals surface area contributed by atoms with Gasteiger partial charge < -0.3 is 24.0 Å². The maximum atomic E-state index is 2.29. The zero-order chi connectivity index (χ0) is 7.23. The van der Waals surface area contributed by atoms with Crippen LogP contribution in [-0.4, -0.2) is 17.3 Å². The average molecular weight is 286 g/mol. The summed E-state index contributed by atoms with van der Waals surface area (Å²) in [4.78, 5) is 0. The highest BCUT2D eigenvalue weighted by molar-refractivity contribution is 7.97. The highest BCUT2D eigenvalue weighted by Gasteiger charge is 2.22.